The molecule has 0 radical (unpaired) electrons. The summed E-state index contributed by atoms with van der Waals surface area (Å²) in [6.45, 7) is 9.14. The van der Waals surface area contributed by atoms with Crippen molar-refractivity contribution in [3.05, 3.63) is 16.5 Å². The first-order chi connectivity index (χ1) is 10.6. The second kappa shape index (κ2) is 8.10. The van der Waals surface area contributed by atoms with E-state index >= 15 is 0 Å². The molecule has 0 aliphatic rings. The van der Waals surface area contributed by atoms with Gasteiger partial charge in [0.1, 0.15) is 11.0 Å². The van der Waals surface area contributed by atoms with E-state index in [1.165, 1.54) is 11.3 Å². The Hall–Kier alpha value is -1.89. The SMILES string of the molecule is Cc1cc(C(=O)NC(CC(C)C)C(=O)O)c(NC(=O)C(C)C)s1. The fourth-order valence-electron chi connectivity index (χ4n) is 1.96. The lowest BCUT2D eigenvalue weighted by atomic mass is 10.0. The lowest BCUT2D eigenvalue weighted by Gasteiger charge is -2.16. The zero-order valence-corrected chi connectivity index (χ0v) is 14.9. The Balaban J connectivity index is 2.94. The minimum Gasteiger partial charge on any atom is -0.480 e. The van der Waals surface area contributed by atoms with Crippen LogP contribution in [0.15, 0.2) is 6.07 Å². The number of carboxylic acids is 1. The molecule has 128 valence electrons. The number of hydrogen-bond donors (Lipinski definition) is 3. The fourth-order valence-corrected chi connectivity index (χ4v) is 2.87. The summed E-state index contributed by atoms with van der Waals surface area (Å²) < 4.78 is 0. The first-order valence-electron chi connectivity index (χ1n) is 7.56. The van der Waals surface area contributed by atoms with E-state index in [0.29, 0.717) is 17.0 Å². The number of hydrogen-bond acceptors (Lipinski definition) is 4. The minimum atomic E-state index is -1.06. The van der Waals surface area contributed by atoms with Crippen LogP contribution in [0.2, 0.25) is 0 Å². The molecule has 1 rings (SSSR count). The van der Waals surface area contributed by atoms with Crippen LogP contribution in [-0.4, -0.2) is 28.9 Å². The fraction of sp³-hybridized carbons (Fsp3) is 0.562. The summed E-state index contributed by atoms with van der Waals surface area (Å²) >= 11 is 1.30. The van der Waals surface area contributed by atoms with Crippen molar-refractivity contribution in [3.63, 3.8) is 0 Å². The van der Waals surface area contributed by atoms with Crippen molar-refractivity contribution in [2.75, 3.05) is 5.32 Å². The molecule has 0 bridgehead atoms. The van der Waals surface area contributed by atoms with Gasteiger partial charge < -0.3 is 15.7 Å². The van der Waals surface area contributed by atoms with E-state index in [0.717, 1.165) is 4.88 Å². The van der Waals surface area contributed by atoms with Crippen LogP contribution in [0.4, 0.5) is 5.00 Å². The van der Waals surface area contributed by atoms with Crippen LogP contribution in [0.1, 0.15) is 49.4 Å². The van der Waals surface area contributed by atoms with E-state index in [1.807, 2.05) is 20.8 Å². The van der Waals surface area contributed by atoms with Gasteiger partial charge in [-0.2, -0.15) is 0 Å². The largest absolute Gasteiger partial charge is 0.480 e. The molecule has 0 saturated heterocycles. The molecule has 0 aliphatic heterocycles. The van der Waals surface area contributed by atoms with Gasteiger partial charge >= 0.3 is 5.97 Å². The molecule has 1 aromatic rings. The third kappa shape index (κ3) is 5.67. The van der Waals surface area contributed by atoms with Gasteiger partial charge in [0.2, 0.25) is 5.91 Å². The van der Waals surface area contributed by atoms with Gasteiger partial charge in [-0.1, -0.05) is 27.7 Å². The van der Waals surface area contributed by atoms with Crippen LogP contribution in [0.25, 0.3) is 0 Å². The first kappa shape index (κ1) is 19.2. The zero-order valence-electron chi connectivity index (χ0n) is 14.1. The summed E-state index contributed by atoms with van der Waals surface area (Å²) in [5.74, 6) is -1.80. The van der Waals surface area contributed by atoms with Crippen molar-refractivity contribution in [2.45, 2.75) is 47.1 Å². The maximum atomic E-state index is 12.4. The quantitative estimate of drug-likeness (QED) is 0.711. The van der Waals surface area contributed by atoms with E-state index in [-0.39, 0.29) is 17.7 Å². The Kier molecular flexibility index (Phi) is 6.75. The summed E-state index contributed by atoms with van der Waals surface area (Å²) in [5.41, 5.74) is 0.302. The third-order valence-electron chi connectivity index (χ3n) is 3.17. The predicted octanol–water partition coefficient (Wildman–Crippen LogP) is 2.88. The average Bonchev–Trinajstić information content (AvgIpc) is 2.78. The Bertz CT molecular complexity index is 593. The molecule has 0 fully saturated rings. The number of anilines is 1. The molecular weight excluding hydrogens is 316 g/mol. The maximum absolute atomic E-state index is 12.4. The maximum Gasteiger partial charge on any atom is 0.326 e. The predicted molar refractivity (Wildman–Crippen MR) is 90.9 cm³/mol. The minimum absolute atomic E-state index is 0.140. The van der Waals surface area contributed by atoms with Crippen molar-refractivity contribution < 1.29 is 19.5 Å². The summed E-state index contributed by atoms with van der Waals surface area (Å²) in [6, 6.07) is 0.709. The van der Waals surface area contributed by atoms with Crippen molar-refractivity contribution in [1.29, 1.82) is 0 Å². The van der Waals surface area contributed by atoms with Crippen LogP contribution in [-0.2, 0) is 9.59 Å². The number of thiophene rings is 1. The normalized spacial score (nSPS) is 12.3. The van der Waals surface area contributed by atoms with Gasteiger partial charge in [0.05, 0.1) is 5.56 Å². The van der Waals surface area contributed by atoms with Gasteiger partial charge in [-0.3, -0.25) is 9.59 Å². The van der Waals surface area contributed by atoms with Gasteiger partial charge in [0, 0.05) is 10.8 Å². The first-order valence-corrected chi connectivity index (χ1v) is 8.38. The Labute approximate surface area is 140 Å². The molecule has 0 aliphatic carbocycles. The number of aliphatic carboxylic acids is 1. The van der Waals surface area contributed by atoms with Crippen molar-refractivity contribution >= 4 is 34.1 Å². The number of carboxylic acid groups (broad SMARTS) is 1. The van der Waals surface area contributed by atoms with Crippen LogP contribution in [0.3, 0.4) is 0 Å². The van der Waals surface area contributed by atoms with E-state index in [1.54, 1.807) is 19.9 Å². The number of amides is 2. The zero-order chi connectivity index (χ0) is 17.7. The third-order valence-corrected chi connectivity index (χ3v) is 4.14. The lowest BCUT2D eigenvalue weighted by Crippen LogP contribution is -2.41. The topological polar surface area (TPSA) is 95.5 Å². The van der Waals surface area contributed by atoms with Crippen molar-refractivity contribution in [1.82, 2.24) is 5.32 Å². The monoisotopic (exact) mass is 340 g/mol. The van der Waals surface area contributed by atoms with E-state index < -0.39 is 17.9 Å². The molecule has 1 unspecified atom stereocenters. The van der Waals surface area contributed by atoms with Gasteiger partial charge in [0.15, 0.2) is 0 Å². The second-order valence-electron chi connectivity index (χ2n) is 6.24. The molecular formula is C16H24N2O4S. The van der Waals surface area contributed by atoms with Gasteiger partial charge in [-0.15, -0.1) is 11.3 Å². The van der Waals surface area contributed by atoms with Crippen LogP contribution in [0, 0.1) is 18.8 Å². The Morgan fingerprint density at radius 1 is 1.22 bits per heavy atom. The van der Waals surface area contributed by atoms with Crippen LogP contribution < -0.4 is 10.6 Å². The molecule has 1 heterocycles. The number of carbonyl (C=O) groups is 3. The molecule has 1 atom stereocenters. The highest BCUT2D eigenvalue weighted by atomic mass is 32.1. The summed E-state index contributed by atoms with van der Waals surface area (Å²) in [4.78, 5) is 36.4. The van der Waals surface area contributed by atoms with Crippen LogP contribution >= 0.6 is 11.3 Å². The number of nitrogens with one attached hydrogen (secondary N) is 2. The van der Waals surface area contributed by atoms with Gasteiger partial charge in [0.25, 0.3) is 5.91 Å². The van der Waals surface area contributed by atoms with Gasteiger partial charge in [-0.05, 0) is 25.3 Å². The summed E-state index contributed by atoms with van der Waals surface area (Å²) in [7, 11) is 0. The lowest BCUT2D eigenvalue weighted by molar-refractivity contribution is -0.139. The highest BCUT2D eigenvalue weighted by molar-refractivity contribution is 7.16. The molecule has 7 heteroatoms. The summed E-state index contributed by atoms with van der Waals surface area (Å²) in [5, 5.41) is 14.9. The van der Waals surface area contributed by atoms with Crippen LogP contribution in [0.5, 0.6) is 0 Å². The highest BCUT2D eigenvalue weighted by Crippen LogP contribution is 2.28. The van der Waals surface area contributed by atoms with E-state index in [9.17, 15) is 19.5 Å². The Morgan fingerprint density at radius 2 is 1.83 bits per heavy atom. The van der Waals surface area contributed by atoms with E-state index in [2.05, 4.69) is 10.6 Å². The summed E-state index contributed by atoms with van der Waals surface area (Å²) in [6.07, 6.45) is 0.345. The molecule has 0 saturated carbocycles. The second-order valence-corrected chi connectivity index (χ2v) is 7.49. The average molecular weight is 340 g/mol. The smallest absolute Gasteiger partial charge is 0.326 e. The molecule has 2 amide bonds. The van der Waals surface area contributed by atoms with Gasteiger partial charge in [-0.25, -0.2) is 4.79 Å². The standard InChI is InChI=1S/C16H24N2O4S/c1-8(2)6-12(16(21)22)17-14(20)11-7-10(5)23-15(11)18-13(19)9(3)4/h7-9,12H,6H2,1-5H3,(H,17,20)(H,18,19)(H,21,22). The number of carbonyl (C=O) groups excluding carboxylic acids is 2. The van der Waals surface area contributed by atoms with Crippen molar-refractivity contribution in [2.24, 2.45) is 11.8 Å². The Morgan fingerprint density at radius 3 is 2.30 bits per heavy atom. The van der Waals surface area contributed by atoms with Crippen molar-refractivity contribution in [3.8, 4) is 0 Å². The number of rotatable bonds is 7. The molecule has 3 N–H and O–H groups in total. The molecule has 23 heavy (non-hydrogen) atoms. The molecule has 1 aromatic heterocycles. The number of aryl methyl sites for hydroxylation is 1. The van der Waals surface area contributed by atoms with E-state index in [4.69, 9.17) is 0 Å². The molecule has 0 aromatic carbocycles. The molecule has 0 spiro atoms. The highest BCUT2D eigenvalue weighted by Gasteiger charge is 2.24. The molecule has 6 nitrogen and oxygen atoms in total.